The number of rotatable bonds is 6. The van der Waals surface area contributed by atoms with E-state index in [1.54, 1.807) is 0 Å². The Labute approximate surface area is 132 Å². The second-order valence-electron chi connectivity index (χ2n) is 5.61. The van der Waals surface area contributed by atoms with E-state index in [9.17, 15) is 4.79 Å². The van der Waals surface area contributed by atoms with Crippen molar-refractivity contribution in [3.8, 4) is 0 Å². The zero-order chi connectivity index (χ0) is 15.9. The van der Waals surface area contributed by atoms with Gasteiger partial charge in [0.25, 0.3) is 0 Å². The van der Waals surface area contributed by atoms with Crippen LogP contribution in [-0.4, -0.2) is 12.5 Å². The number of carbonyl (C=O) groups is 1. The highest BCUT2D eigenvalue weighted by Gasteiger charge is 2.04. The lowest BCUT2D eigenvalue weighted by Crippen LogP contribution is -2.16. The third kappa shape index (κ3) is 4.62. The summed E-state index contributed by atoms with van der Waals surface area (Å²) in [5.74, 6) is 0.0338. The third-order valence-electron chi connectivity index (χ3n) is 3.57. The van der Waals surface area contributed by atoms with E-state index in [4.69, 9.17) is 0 Å². The van der Waals surface area contributed by atoms with Gasteiger partial charge in [0, 0.05) is 24.3 Å². The molecule has 0 spiro atoms. The molecule has 2 N–H and O–H groups in total. The van der Waals surface area contributed by atoms with E-state index < -0.39 is 0 Å². The summed E-state index contributed by atoms with van der Waals surface area (Å²) in [6.45, 7) is 6.83. The smallest absolute Gasteiger partial charge is 0.226 e. The normalized spacial score (nSPS) is 10.3. The van der Waals surface area contributed by atoms with Crippen LogP contribution in [0.2, 0.25) is 0 Å². The molecule has 0 saturated carbocycles. The van der Waals surface area contributed by atoms with Gasteiger partial charge in [-0.05, 0) is 55.2 Å². The SMILES string of the molecule is CCc1ccccc1NCCC(=O)Nc1cc(C)cc(C)c1. The molecule has 0 saturated heterocycles. The van der Waals surface area contributed by atoms with E-state index in [1.165, 1.54) is 5.56 Å². The first-order valence-corrected chi connectivity index (χ1v) is 7.78. The van der Waals surface area contributed by atoms with Crippen LogP contribution in [0.4, 0.5) is 11.4 Å². The zero-order valence-electron chi connectivity index (χ0n) is 13.6. The molecule has 2 aromatic carbocycles. The summed E-state index contributed by atoms with van der Waals surface area (Å²) in [6.07, 6.45) is 1.43. The van der Waals surface area contributed by atoms with E-state index in [0.29, 0.717) is 13.0 Å². The monoisotopic (exact) mass is 296 g/mol. The molecule has 2 rings (SSSR count). The summed E-state index contributed by atoms with van der Waals surface area (Å²) in [5, 5.41) is 6.30. The van der Waals surface area contributed by atoms with Gasteiger partial charge >= 0.3 is 0 Å². The maximum atomic E-state index is 12.0. The molecule has 0 atom stereocenters. The van der Waals surface area contributed by atoms with Crippen molar-refractivity contribution in [2.75, 3.05) is 17.2 Å². The average Bonchev–Trinajstić information content (AvgIpc) is 2.46. The van der Waals surface area contributed by atoms with Crippen LogP contribution in [0, 0.1) is 13.8 Å². The van der Waals surface area contributed by atoms with Crippen LogP contribution in [-0.2, 0) is 11.2 Å². The van der Waals surface area contributed by atoms with Gasteiger partial charge in [0.15, 0.2) is 0 Å². The topological polar surface area (TPSA) is 41.1 Å². The summed E-state index contributed by atoms with van der Waals surface area (Å²) in [5.41, 5.74) is 5.58. The standard InChI is InChI=1S/C19H24N2O/c1-4-16-7-5-6-8-18(16)20-10-9-19(22)21-17-12-14(2)11-15(3)13-17/h5-8,11-13,20H,4,9-10H2,1-3H3,(H,21,22). The minimum absolute atomic E-state index is 0.0338. The minimum atomic E-state index is 0.0338. The van der Waals surface area contributed by atoms with Crippen molar-refractivity contribution >= 4 is 17.3 Å². The molecule has 0 unspecified atom stereocenters. The third-order valence-corrected chi connectivity index (χ3v) is 3.57. The quantitative estimate of drug-likeness (QED) is 0.834. The summed E-state index contributed by atoms with van der Waals surface area (Å²) < 4.78 is 0. The second kappa shape index (κ2) is 7.64. The molecule has 3 nitrogen and oxygen atoms in total. The predicted octanol–water partition coefficient (Wildman–Crippen LogP) is 4.31. The molecule has 0 aliphatic rings. The van der Waals surface area contributed by atoms with Gasteiger partial charge in [-0.2, -0.15) is 0 Å². The van der Waals surface area contributed by atoms with E-state index in [-0.39, 0.29) is 5.91 Å². The molecule has 1 amide bonds. The van der Waals surface area contributed by atoms with E-state index in [1.807, 2.05) is 38.1 Å². The molecule has 0 bridgehead atoms. The molecule has 0 aliphatic carbocycles. The molecular formula is C19H24N2O. The summed E-state index contributed by atoms with van der Waals surface area (Å²) in [7, 11) is 0. The zero-order valence-corrected chi connectivity index (χ0v) is 13.6. The van der Waals surface area contributed by atoms with Crippen LogP contribution >= 0.6 is 0 Å². The summed E-state index contributed by atoms with van der Waals surface area (Å²) in [4.78, 5) is 12.0. The van der Waals surface area contributed by atoms with Crippen LogP contribution < -0.4 is 10.6 Å². The van der Waals surface area contributed by atoms with E-state index in [2.05, 4.69) is 35.8 Å². The van der Waals surface area contributed by atoms with Crippen molar-refractivity contribution in [2.24, 2.45) is 0 Å². The molecule has 0 aliphatic heterocycles. The van der Waals surface area contributed by atoms with Crippen molar-refractivity contribution in [3.05, 3.63) is 59.2 Å². The maximum Gasteiger partial charge on any atom is 0.226 e. The molecular weight excluding hydrogens is 272 g/mol. The fourth-order valence-electron chi connectivity index (χ4n) is 2.58. The van der Waals surface area contributed by atoms with Crippen LogP contribution in [0.25, 0.3) is 0 Å². The van der Waals surface area contributed by atoms with Crippen molar-refractivity contribution in [3.63, 3.8) is 0 Å². The predicted molar refractivity (Wildman–Crippen MR) is 93.5 cm³/mol. The van der Waals surface area contributed by atoms with Crippen LogP contribution in [0.3, 0.4) is 0 Å². The summed E-state index contributed by atoms with van der Waals surface area (Å²) in [6, 6.07) is 14.3. The Bertz CT molecular complexity index is 629. The van der Waals surface area contributed by atoms with Crippen molar-refractivity contribution < 1.29 is 4.79 Å². The van der Waals surface area contributed by atoms with Gasteiger partial charge in [0.1, 0.15) is 0 Å². The highest BCUT2D eigenvalue weighted by atomic mass is 16.1. The van der Waals surface area contributed by atoms with Gasteiger partial charge in [-0.1, -0.05) is 31.2 Å². The van der Waals surface area contributed by atoms with Gasteiger partial charge < -0.3 is 10.6 Å². The lowest BCUT2D eigenvalue weighted by molar-refractivity contribution is -0.115. The molecule has 22 heavy (non-hydrogen) atoms. The Hall–Kier alpha value is -2.29. The van der Waals surface area contributed by atoms with Crippen LogP contribution in [0.5, 0.6) is 0 Å². The summed E-state index contributed by atoms with van der Waals surface area (Å²) >= 11 is 0. The molecule has 2 aromatic rings. The fraction of sp³-hybridized carbons (Fsp3) is 0.316. The van der Waals surface area contributed by atoms with Crippen molar-refractivity contribution in [2.45, 2.75) is 33.6 Å². The van der Waals surface area contributed by atoms with Gasteiger partial charge in [-0.25, -0.2) is 0 Å². The average molecular weight is 296 g/mol. The number of nitrogens with one attached hydrogen (secondary N) is 2. The fourth-order valence-corrected chi connectivity index (χ4v) is 2.58. The van der Waals surface area contributed by atoms with Gasteiger partial charge in [-0.3, -0.25) is 4.79 Å². The van der Waals surface area contributed by atoms with Gasteiger partial charge in [-0.15, -0.1) is 0 Å². The molecule has 0 fully saturated rings. The van der Waals surface area contributed by atoms with Crippen LogP contribution in [0.1, 0.15) is 30.0 Å². The van der Waals surface area contributed by atoms with Crippen molar-refractivity contribution in [1.29, 1.82) is 0 Å². The minimum Gasteiger partial charge on any atom is -0.384 e. The van der Waals surface area contributed by atoms with Gasteiger partial charge in [0.05, 0.1) is 0 Å². The molecule has 0 aromatic heterocycles. The highest BCUT2D eigenvalue weighted by molar-refractivity contribution is 5.91. The Kier molecular flexibility index (Phi) is 5.59. The highest BCUT2D eigenvalue weighted by Crippen LogP contribution is 2.16. The Morgan fingerprint density at radius 1 is 1.05 bits per heavy atom. The number of hydrogen-bond donors (Lipinski definition) is 2. The lowest BCUT2D eigenvalue weighted by Gasteiger charge is -2.11. The first-order chi connectivity index (χ1) is 10.6. The van der Waals surface area contributed by atoms with E-state index in [0.717, 1.165) is 28.9 Å². The Morgan fingerprint density at radius 2 is 1.73 bits per heavy atom. The first kappa shape index (κ1) is 16.1. The number of anilines is 2. The van der Waals surface area contributed by atoms with Crippen LogP contribution in [0.15, 0.2) is 42.5 Å². The molecule has 116 valence electrons. The number of benzene rings is 2. The van der Waals surface area contributed by atoms with E-state index >= 15 is 0 Å². The molecule has 3 heteroatoms. The number of para-hydroxylation sites is 1. The second-order valence-corrected chi connectivity index (χ2v) is 5.61. The molecule has 0 heterocycles. The number of carbonyl (C=O) groups excluding carboxylic acids is 1. The lowest BCUT2D eigenvalue weighted by atomic mass is 10.1. The maximum absolute atomic E-state index is 12.0. The van der Waals surface area contributed by atoms with Gasteiger partial charge in [0.2, 0.25) is 5.91 Å². The Morgan fingerprint density at radius 3 is 2.41 bits per heavy atom. The molecule has 0 radical (unpaired) electrons. The first-order valence-electron chi connectivity index (χ1n) is 7.78. The van der Waals surface area contributed by atoms with Crippen molar-refractivity contribution in [1.82, 2.24) is 0 Å². The number of hydrogen-bond acceptors (Lipinski definition) is 2. The Balaban J connectivity index is 1.85. The number of aryl methyl sites for hydroxylation is 3. The largest absolute Gasteiger partial charge is 0.384 e. The number of amides is 1.